The molecule has 0 amide bonds. The molecule has 0 aromatic carbocycles. The predicted octanol–water partition coefficient (Wildman–Crippen LogP) is 1.50. The fraction of sp³-hybridized carbons (Fsp3) is 0.500. The van der Waals surface area contributed by atoms with Crippen molar-refractivity contribution in [1.82, 2.24) is 5.16 Å². The number of nitrogens with zero attached hydrogens (tertiary/aromatic N) is 1. The van der Waals surface area contributed by atoms with Gasteiger partial charge in [-0.15, -0.1) is 0 Å². The van der Waals surface area contributed by atoms with Crippen molar-refractivity contribution in [2.24, 2.45) is 5.92 Å². The zero-order valence-corrected chi connectivity index (χ0v) is 6.65. The number of aromatic carboxylic acids is 1. The van der Waals surface area contributed by atoms with E-state index in [2.05, 4.69) is 12.1 Å². The average molecular weight is 167 g/mol. The third-order valence-corrected chi connectivity index (χ3v) is 2.22. The molecule has 1 aliphatic carbocycles. The molecule has 2 atom stereocenters. The van der Waals surface area contributed by atoms with Crippen molar-refractivity contribution < 1.29 is 14.4 Å². The topological polar surface area (TPSA) is 63.3 Å². The Morgan fingerprint density at radius 3 is 2.92 bits per heavy atom. The highest BCUT2D eigenvalue weighted by Gasteiger charge is 2.37. The zero-order chi connectivity index (χ0) is 8.72. The van der Waals surface area contributed by atoms with Crippen LogP contribution in [0.15, 0.2) is 10.6 Å². The summed E-state index contributed by atoms with van der Waals surface area (Å²) in [5.74, 6) is 0.684. The molecule has 1 aliphatic rings. The van der Waals surface area contributed by atoms with Gasteiger partial charge in [0, 0.05) is 12.0 Å². The molecular formula is C8H9NO3. The molecule has 1 fully saturated rings. The molecule has 0 saturated heterocycles. The summed E-state index contributed by atoms with van der Waals surface area (Å²) in [6, 6.07) is 1.51. The maximum Gasteiger partial charge on any atom is 0.358 e. The van der Waals surface area contributed by atoms with Crippen molar-refractivity contribution in [3.63, 3.8) is 0 Å². The van der Waals surface area contributed by atoms with Crippen LogP contribution < -0.4 is 0 Å². The second-order valence-electron chi connectivity index (χ2n) is 3.24. The van der Waals surface area contributed by atoms with Gasteiger partial charge in [-0.05, 0) is 12.3 Å². The lowest BCUT2D eigenvalue weighted by Crippen LogP contribution is -1.94. The SMILES string of the molecule is CC1CC1c1cc(C(=O)O)no1. The first-order chi connectivity index (χ1) is 5.68. The number of aromatic nitrogens is 1. The minimum absolute atomic E-state index is 0.00380. The van der Waals surface area contributed by atoms with Gasteiger partial charge >= 0.3 is 5.97 Å². The van der Waals surface area contributed by atoms with Crippen LogP contribution in [0, 0.1) is 5.92 Å². The maximum absolute atomic E-state index is 10.4. The van der Waals surface area contributed by atoms with E-state index >= 15 is 0 Å². The first kappa shape index (κ1) is 7.34. The summed E-state index contributed by atoms with van der Waals surface area (Å²) in [5, 5.41) is 12.0. The van der Waals surface area contributed by atoms with Crippen LogP contribution in [0.1, 0.15) is 35.5 Å². The van der Waals surface area contributed by atoms with Crippen molar-refractivity contribution >= 4 is 5.97 Å². The van der Waals surface area contributed by atoms with Crippen LogP contribution >= 0.6 is 0 Å². The first-order valence-corrected chi connectivity index (χ1v) is 3.88. The Hall–Kier alpha value is -1.32. The van der Waals surface area contributed by atoms with Gasteiger partial charge in [-0.1, -0.05) is 12.1 Å². The minimum Gasteiger partial charge on any atom is -0.476 e. The monoisotopic (exact) mass is 167 g/mol. The van der Waals surface area contributed by atoms with Crippen molar-refractivity contribution in [2.75, 3.05) is 0 Å². The molecule has 1 aromatic heterocycles. The van der Waals surface area contributed by atoms with Crippen molar-refractivity contribution in [3.8, 4) is 0 Å². The van der Waals surface area contributed by atoms with Gasteiger partial charge in [-0.25, -0.2) is 4.79 Å². The molecule has 2 unspecified atom stereocenters. The zero-order valence-electron chi connectivity index (χ0n) is 6.65. The minimum atomic E-state index is -1.03. The van der Waals surface area contributed by atoms with Crippen LogP contribution in [-0.4, -0.2) is 16.2 Å². The Balaban J connectivity index is 2.19. The fourth-order valence-corrected chi connectivity index (χ4v) is 1.28. The Labute approximate surface area is 69.2 Å². The summed E-state index contributed by atoms with van der Waals surface area (Å²) in [7, 11) is 0. The van der Waals surface area contributed by atoms with Gasteiger partial charge in [-0.3, -0.25) is 0 Å². The lowest BCUT2D eigenvalue weighted by molar-refractivity contribution is 0.0685. The largest absolute Gasteiger partial charge is 0.476 e. The average Bonchev–Trinajstić information content (AvgIpc) is 2.59. The third-order valence-electron chi connectivity index (χ3n) is 2.22. The van der Waals surface area contributed by atoms with E-state index in [-0.39, 0.29) is 5.69 Å². The van der Waals surface area contributed by atoms with E-state index in [0.29, 0.717) is 17.6 Å². The Morgan fingerprint density at radius 2 is 2.50 bits per heavy atom. The number of hydrogen-bond donors (Lipinski definition) is 1. The molecule has 1 heterocycles. The smallest absolute Gasteiger partial charge is 0.358 e. The Kier molecular flexibility index (Phi) is 1.43. The molecular weight excluding hydrogens is 158 g/mol. The van der Waals surface area contributed by atoms with Crippen LogP contribution in [0.3, 0.4) is 0 Å². The summed E-state index contributed by atoms with van der Waals surface area (Å²) in [6.07, 6.45) is 1.08. The molecule has 1 saturated carbocycles. The van der Waals surface area contributed by atoms with Gasteiger partial charge in [0.05, 0.1) is 0 Å². The van der Waals surface area contributed by atoms with E-state index < -0.39 is 5.97 Å². The first-order valence-electron chi connectivity index (χ1n) is 3.88. The number of carboxylic acid groups (broad SMARTS) is 1. The summed E-state index contributed by atoms with van der Waals surface area (Å²) in [4.78, 5) is 10.4. The second-order valence-corrected chi connectivity index (χ2v) is 3.24. The lowest BCUT2D eigenvalue weighted by Gasteiger charge is -1.83. The van der Waals surface area contributed by atoms with Crippen LogP contribution in [-0.2, 0) is 0 Å². The molecule has 4 heteroatoms. The van der Waals surface area contributed by atoms with E-state index in [1.165, 1.54) is 6.07 Å². The molecule has 4 nitrogen and oxygen atoms in total. The van der Waals surface area contributed by atoms with Crippen LogP contribution in [0.2, 0.25) is 0 Å². The van der Waals surface area contributed by atoms with Gasteiger partial charge < -0.3 is 9.63 Å². The summed E-state index contributed by atoms with van der Waals surface area (Å²) >= 11 is 0. The van der Waals surface area contributed by atoms with Crippen LogP contribution in [0.4, 0.5) is 0 Å². The number of hydrogen-bond acceptors (Lipinski definition) is 3. The summed E-state index contributed by atoms with van der Waals surface area (Å²) in [5.41, 5.74) is 0.00380. The molecule has 0 aliphatic heterocycles. The summed E-state index contributed by atoms with van der Waals surface area (Å²) in [6.45, 7) is 2.10. The van der Waals surface area contributed by atoms with Crippen molar-refractivity contribution in [2.45, 2.75) is 19.3 Å². The van der Waals surface area contributed by atoms with E-state index in [4.69, 9.17) is 9.63 Å². The van der Waals surface area contributed by atoms with Gasteiger partial charge in [0.1, 0.15) is 5.76 Å². The molecule has 2 rings (SSSR count). The third kappa shape index (κ3) is 1.09. The standard InChI is InChI=1S/C8H9NO3/c1-4-2-5(4)7-3-6(8(10)11)9-12-7/h3-5H,2H2,1H3,(H,10,11). The molecule has 1 N–H and O–H groups in total. The highest BCUT2D eigenvalue weighted by atomic mass is 16.5. The second kappa shape index (κ2) is 2.33. The lowest BCUT2D eigenvalue weighted by atomic mass is 10.2. The van der Waals surface area contributed by atoms with E-state index in [1.54, 1.807) is 0 Å². The van der Waals surface area contributed by atoms with Gasteiger partial charge in [0.25, 0.3) is 0 Å². The molecule has 64 valence electrons. The summed E-state index contributed by atoms with van der Waals surface area (Å²) < 4.78 is 4.89. The van der Waals surface area contributed by atoms with E-state index in [0.717, 1.165) is 6.42 Å². The number of rotatable bonds is 2. The van der Waals surface area contributed by atoms with Crippen molar-refractivity contribution in [3.05, 3.63) is 17.5 Å². The quantitative estimate of drug-likeness (QED) is 0.724. The van der Waals surface area contributed by atoms with Gasteiger partial charge in [0.15, 0.2) is 5.69 Å². The Morgan fingerprint density at radius 1 is 1.83 bits per heavy atom. The van der Waals surface area contributed by atoms with Crippen LogP contribution in [0.5, 0.6) is 0 Å². The molecule has 1 aromatic rings. The maximum atomic E-state index is 10.4. The van der Waals surface area contributed by atoms with Crippen molar-refractivity contribution in [1.29, 1.82) is 0 Å². The number of carbonyl (C=O) groups is 1. The highest BCUT2D eigenvalue weighted by Crippen LogP contribution is 2.46. The fourth-order valence-electron chi connectivity index (χ4n) is 1.28. The molecule has 0 radical (unpaired) electrons. The van der Waals surface area contributed by atoms with Crippen LogP contribution in [0.25, 0.3) is 0 Å². The van der Waals surface area contributed by atoms with E-state index in [1.807, 2.05) is 0 Å². The normalized spacial score (nSPS) is 27.1. The molecule has 0 spiro atoms. The van der Waals surface area contributed by atoms with E-state index in [9.17, 15) is 4.79 Å². The molecule has 12 heavy (non-hydrogen) atoms. The van der Waals surface area contributed by atoms with Gasteiger partial charge in [-0.2, -0.15) is 0 Å². The Bertz CT molecular complexity index is 318. The molecule has 0 bridgehead atoms. The predicted molar refractivity (Wildman–Crippen MR) is 40.0 cm³/mol. The van der Waals surface area contributed by atoms with Gasteiger partial charge in [0.2, 0.25) is 0 Å². The highest BCUT2D eigenvalue weighted by molar-refractivity contribution is 5.85. The number of carboxylic acids is 1.